The number of hydrogen-bond acceptors (Lipinski definition) is 5. The third-order valence-electron chi connectivity index (χ3n) is 4.44. The van der Waals surface area contributed by atoms with Crippen LogP contribution in [0.1, 0.15) is 40.2 Å². The minimum absolute atomic E-state index is 0.301. The van der Waals surface area contributed by atoms with Gasteiger partial charge in [0, 0.05) is 5.56 Å². The zero-order chi connectivity index (χ0) is 17.3. The minimum Gasteiger partial charge on any atom is -0.466 e. The summed E-state index contributed by atoms with van der Waals surface area (Å²) in [7, 11) is 1.34. The van der Waals surface area contributed by atoms with Crippen LogP contribution in [0.25, 0.3) is 5.76 Å². The predicted molar refractivity (Wildman–Crippen MR) is 90.6 cm³/mol. The molecule has 1 heterocycles. The van der Waals surface area contributed by atoms with Crippen LogP contribution in [-0.4, -0.2) is 35.1 Å². The van der Waals surface area contributed by atoms with Crippen LogP contribution in [0.4, 0.5) is 0 Å². The highest BCUT2D eigenvalue weighted by molar-refractivity contribution is 5.90. The van der Waals surface area contributed by atoms with Gasteiger partial charge in [-0.25, -0.2) is 4.79 Å². The number of amidine groups is 1. The molecule has 0 fully saturated rings. The molecular formula is C18H24N2O3. The Morgan fingerprint density at radius 1 is 1.17 bits per heavy atom. The molecule has 0 N–H and O–H groups in total. The average Bonchev–Trinajstić information content (AvgIpc) is 2.65. The Morgan fingerprint density at radius 2 is 1.78 bits per heavy atom. The first-order valence-corrected chi connectivity index (χ1v) is 7.59. The Balaban J connectivity index is 2.38. The van der Waals surface area contributed by atoms with Gasteiger partial charge in [0.25, 0.3) is 0 Å². The van der Waals surface area contributed by atoms with Gasteiger partial charge in [0.2, 0.25) is 0 Å². The predicted octanol–water partition coefficient (Wildman–Crippen LogP) is 3.42. The zero-order valence-electron chi connectivity index (χ0n) is 14.6. The standard InChI is InChI=1S/C18H24N2O3/c1-13-19-17(2,3)18(4,5)20(13)23-15(12-16(21)22-6)14-10-8-7-9-11-14/h7-12H,1-6H3/b15-12+. The SMILES string of the molecule is COC(=O)/C=C(/ON1C(C)=NC(C)(C)C1(C)C)c1ccccc1. The van der Waals surface area contributed by atoms with E-state index < -0.39 is 5.97 Å². The van der Waals surface area contributed by atoms with Crippen LogP contribution in [0.3, 0.4) is 0 Å². The lowest BCUT2D eigenvalue weighted by Gasteiger charge is -2.39. The number of esters is 1. The number of hydroxylamine groups is 2. The van der Waals surface area contributed by atoms with Crippen molar-refractivity contribution in [2.75, 3.05) is 7.11 Å². The van der Waals surface area contributed by atoms with Crippen LogP contribution in [0.2, 0.25) is 0 Å². The fraction of sp³-hybridized carbons (Fsp3) is 0.444. The topological polar surface area (TPSA) is 51.1 Å². The molecular weight excluding hydrogens is 292 g/mol. The molecule has 5 nitrogen and oxygen atoms in total. The number of methoxy groups -OCH3 is 1. The summed E-state index contributed by atoms with van der Waals surface area (Å²) in [5, 5.41) is 1.76. The van der Waals surface area contributed by atoms with E-state index in [1.165, 1.54) is 13.2 Å². The third-order valence-corrected chi connectivity index (χ3v) is 4.44. The van der Waals surface area contributed by atoms with Crippen LogP contribution in [0, 0.1) is 0 Å². The Labute approximate surface area is 137 Å². The lowest BCUT2D eigenvalue weighted by Crippen LogP contribution is -2.52. The molecule has 2 rings (SSSR count). The van der Waals surface area contributed by atoms with Crippen molar-refractivity contribution in [3.8, 4) is 0 Å². The normalized spacial score (nSPS) is 19.3. The molecule has 0 saturated heterocycles. The van der Waals surface area contributed by atoms with E-state index in [-0.39, 0.29) is 11.1 Å². The van der Waals surface area contributed by atoms with Gasteiger partial charge in [-0.2, -0.15) is 5.06 Å². The molecule has 124 valence electrons. The fourth-order valence-electron chi connectivity index (χ4n) is 2.45. The quantitative estimate of drug-likeness (QED) is 0.485. The third kappa shape index (κ3) is 3.23. The summed E-state index contributed by atoms with van der Waals surface area (Å²) in [5.41, 5.74) is 0.136. The number of benzene rings is 1. The lowest BCUT2D eigenvalue weighted by molar-refractivity contribution is -0.135. The van der Waals surface area contributed by atoms with Crippen LogP contribution < -0.4 is 0 Å². The van der Waals surface area contributed by atoms with E-state index in [1.54, 1.807) is 5.06 Å². The molecule has 1 aromatic carbocycles. The molecule has 0 atom stereocenters. The smallest absolute Gasteiger partial charge is 0.334 e. The number of carbonyl (C=O) groups excluding carboxylic acids is 1. The van der Waals surface area contributed by atoms with Gasteiger partial charge in [0.1, 0.15) is 5.84 Å². The second-order valence-electron chi connectivity index (χ2n) is 6.56. The monoisotopic (exact) mass is 316 g/mol. The molecule has 0 spiro atoms. The number of ether oxygens (including phenoxy) is 1. The minimum atomic E-state index is -0.463. The molecule has 1 aliphatic rings. The van der Waals surface area contributed by atoms with Crippen molar-refractivity contribution in [1.29, 1.82) is 0 Å². The second-order valence-corrected chi connectivity index (χ2v) is 6.56. The van der Waals surface area contributed by atoms with Crippen molar-refractivity contribution in [3.05, 3.63) is 42.0 Å². The summed E-state index contributed by atoms with van der Waals surface area (Å²) in [6.07, 6.45) is 1.35. The maximum atomic E-state index is 11.7. The Morgan fingerprint density at radius 3 is 2.26 bits per heavy atom. The molecule has 0 unspecified atom stereocenters. The second kappa shape index (κ2) is 6.07. The summed E-state index contributed by atoms with van der Waals surface area (Å²) in [6, 6.07) is 9.47. The number of rotatable bonds is 4. The summed E-state index contributed by atoms with van der Waals surface area (Å²) >= 11 is 0. The van der Waals surface area contributed by atoms with Gasteiger partial charge in [-0.15, -0.1) is 0 Å². The first-order valence-electron chi connectivity index (χ1n) is 7.59. The maximum Gasteiger partial charge on any atom is 0.334 e. The van der Waals surface area contributed by atoms with Crippen molar-refractivity contribution in [2.24, 2.45) is 4.99 Å². The molecule has 1 aromatic rings. The Bertz CT molecular complexity index is 645. The summed E-state index contributed by atoms with van der Waals surface area (Å²) < 4.78 is 4.74. The largest absolute Gasteiger partial charge is 0.466 e. The van der Waals surface area contributed by atoms with E-state index in [0.717, 1.165) is 11.4 Å². The highest BCUT2D eigenvalue weighted by Gasteiger charge is 2.49. The van der Waals surface area contributed by atoms with Gasteiger partial charge >= 0.3 is 5.97 Å². The molecule has 0 amide bonds. The van der Waals surface area contributed by atoms with Crippen LogP contribution >= 0.6 is 0 Å². The van der Waals surface area contributed by atoms with Gasteiger partial charge < -0.3 is 9.57 Å². The number of hydrogen-bond donors (Lipinski definition) is 0. The van der Waals surface area contributed by atoms with E-state index >= 15 is 0 Å². The Hall–Kier alpha value is -2.30. The summed E-state index contributed by atoms with van der Waals surface area (Å²) in [5.74, 6) is 0.735. The van der Waals surface area contributed by atoms with Crippen LogP contribution in [0.15, 0.2) is 41.4 Å². The van der Waals surface area contributed by atoms with Crippen molar-refractivity contribution < 1.29 is 14.4 Å². The van der Waals surface area contributed by atoms with Crippen molar-refractivity contribution >= 4 is 17.6 Å². The van der Waals surface area contributed by atoms with E-state index in [2.05, 4.69) is 32.7 Å². The number of aliphatic imine (C=N–C) groups is 1. The summed E-state index contributed by atoms with van der Waals surface area (Å²) in [6.45, 7) is 10.1. The van der Waals surface area contributed by atoms with Gasteiger partial charge in [0.05, 0.1) is 24.3 Å². The lowest BCUT2D eigenvalue weighted by atomic mass is 9.84. The van der Waals surface area contributed by atoms with Gasteiger partial charge in [-0.05, 0) is 34.6 Å². The molecule has 0 saturated carbocycles. The Kier molecular flexibility index (Phi) is 4.50. The molecule has 1 aliphatic heterocycles. The van der Waals surface area contributed by atoms with Gasteiger partial charge in [-0.1, -0.05) is 30.3 Å². The van der Waals surface area contributed by atoms with E-state index in [9.17, 15) is 4.79 Å². The zero-order valence-corrected chi connectivity index (χ0v) is 14.6. The molecule has 5 heteroatoms. The maximum absolute atomic E-state index is 11.7. The molecule has 0 aromatic heterocycles. The highest BCUT2D eigenvalue weighted by Crippen LogP contribution is 2.39. The molecule has 23 heavy (non-hydrogen) atoms. The van der Waals surface area contributed by atoms with Crippen molar-refractivity contribution in [2.45, 2.75) is 45.7 Å². The van der Waals surface area contributed by atoms with Gasteiger partial charge in [-0.3, -0.25) is 4.99 Å². The van der Waals surface area contributed by atoms with Gasteiger partial charge in [0.15, 0.2) is 5.76 Å². The first kappa shape index (κ1) is 17.1. The average molecular weight is 316 g/mol. The van der Waals surface area contributed by atoms with Crippen LogP contribution in [-0.2, 0) is 14.4 Å². The number of carbonyl (C=O) groups is 1. The van der Waals surface area contributed by atoms with Crippen LogP contribution in [0.5, 0.6) is 0 Å². The fourth-order valence-corrected chi connectivity index (χ4v) is 2.45. The summed E-state index contributed by atoms with van der Waals surface area (Å²) in [4.78, 5) is 22.5. The molecule has 0 radical (unpaired) electrons. The van der Waals surface area contributed by atoms with E-state index in [0.29, 0.717) is 5.76 Å². The molecule has 0 aliphatic carbocycles. The van der Waals surface area contributed by atoms with Crippen molar-refractivity contribution in [3.63, 3.8) is 0 Å². The highest BCUT2D eigenvalue weighted by atomic mass is 16.7. The molecule has 0 bridgehead atoms. The number of nitrogens with zero attached hydrogens (tertiary/aromatic N) is 2. The first-order chi connectivity index (χ1) is 10.7. The van der Waals surface area contributed by atoms with E-state index in [4.69, 9.17) is 9.57 Å². The van der Waals surface area contributed by atoms with E-state index in [1.807, 2.05) is 37.3 Å². The van der Waals surface area contributed by atoms with Crippen molar-refractivity contribution in [1.82, 2.24) is 5.06 Å².